The van der Waals surface area contributed by atoms with Crippen molar-refractivity contribution in [2.24, 2.45) is 0 Å². The molecule has 170 valence electrons. The maximum atomic E-state index is 12.1. The lowest BCUT2D eigenvalue weighted by Gasteiger charge is -2.27. The second-order valence-electron chi connectivity index (χ2n) is 7.20. The molecule has 0 saturated carbocycles. The molecule has 0 spiro atoms. The largest absolute Gasteiger partial charge is 0.522 e. The van der Waals surface area contributed by atoms with Gasteiger partial charge in [0.1, 0.15) is 11.9 Å². The lowest BCUT2D eigenvalue weighted by atomic mass is 10.0. The summed E-state index contributed by atoms with van der Waals surface area (Å²) in [4.78, 5) is 12.1. The van der Waals surface area contributed by atoms with Crippen LogP contribution in [0, 0.1) is 6.92 Å². The predicted molar refractivity (Wildman–Crippen MR) is 101 cm³/mol. The van der Waals surface area contributed by atoms with Gasteiger partial charge in [0.05, 0.1) is 19.3 Å². The standard InChI is InChI=1S/C20H24F3N3O5/c1-13-4-7-15(8-5-13)28-12-17(27)24-14-6-9-16(29-11-14)19-26-25-18(31-19)3-2-10-30-20(21,22)23/h4-5,7-8,14,16H,2-3,6,9-12H2,1H3,(H,24,27)/t14-,16+/m0/s1. The maximum absolute atomic E-state index is 12.1. The van der Waals surface area contributed by atoms with Gasteiger partial charge in [-0.15, -0.1) is 23.4 Å². The first kappa shape index (κ1) is 23.0. The predicted octanol–water partition coefficient (Wildman–Crippen LogP) is 3.26. The van der Waals surface area contributed by atoms with Crippen LogP contribution in [0.4, 0.5) is 13.2 Å². The van der Waals surface area contributed by atoms with Crippen LogP contribution in [-0.4, -0.2) is 48.3 Å². The molecular formula is C20H24F3N3O5. The lowest BCUT2D eigenvalue weighted by Crippen LogP contribution is -2.43. The number of hydrogen-bond donors (Lipinski definition) is 1. The average molecular weight is 443 g/mol. The maximum Gasteiger partial charge on any atom is 0.522 e. The fourth-order valence-corrected chi connectivity index (χ4v) is 3.02. The third-order valence-electron chi connectivity index (χ3n) is 4.59. The molecule has 0 bridgehead atoms. The molecule has 1 saturated heterocycles. The molecule has 31 heavy (non-hydrogen) atoms. The Hall–Kier alpha value is -2.66. The zero-order valence-corrected chi connectivity index (χ0v) is 17.0. The zero-order valence-electron chi connectivity index (χ0n) is 17.0. The van der Waals surface area contributed by atoms with E-state index in [9.17, 15) is 18.0 Å². The van der Waals surface area contributed by atoms with Crippen LogP contribution in [0.2, 0.25) is 0 Å². The fourth-order valence-electron chi connectivity index (χ4n) is 3.02. The molecule has 0 aliphatic carbocycles. The number of carbonyl (C=O) groups excluding carboxylic acids is 1. The summed E-state index contributed by atoms with van der Waals surface area (Å²) in [6, 6.07) is 7.26. The van der Waals surface area contributed by atoms with Crippen LogP contribution < -0.4 is 10.1 Å². The Kier molecular flexibility index (Phi) is 7.85. The Bertz CT molecular complexity index is 833. The number of benzene rings is 1. The number of nitrogens with zero attached hydrogens (tertiary/aromatic N) is 2. The van der Waals surface area contributed by atoms with Gasteiger partial charge in [0.2, 0.25) is 11.8 Å². The highest BCUT2D eigenvalue weighted by Crippen LogP contribution is 2.27. The SMILES string of the molecule is Cc1ccc(OCC(=O)N[C@H]2CC[C@H](c3nnc(CCCOC(F)(F)F)o3)OC2)cc1. The molecule has 1 aliphatic rings. The summed E-state index contributed by atoms with van der Waals surface area (Å²) in [5, 5.41) is 10.6. The average Bonchev–Trinajstić information content (AvgIpc) is 3.20. The van der Waals surface area contributed by atoms with Gasteiger partial charge in [-0.1, -0.05) is 17.7 Å². The number of hydrogen-bond acceptors (Lipinski definition) is 7. The minimum atomic E-state index is -4.64. The second kappa shape index (κ2) is 10.6. The highest BCUT2D eigenvalue weighted by Gasteiger charge is 2.29. The number of aromatic nitrogens is 2. The Labute approximate surface area is 177 Å². The van der Waals surface area contributed by atoms with Crippen molar-refractivity contribution in [2.45, 2.75) is 51.1 Å². The van der Waals surface area contributed by atoms with E-state index in [2.05, 4.69) is 20.3 Å². The molecule has 1 aromatic heterocycles. The molecule has 2 atom stereocenters. The number of amides is 1. The third kappa shape index (κ3) is 7.83. The topological polar surface area (TPSA) is 95.7 Å². The normalized spacial score (nSPS) is 19.2. The number of alkyl halides is 3. The Morgan fingerprint density at radius 3 is 2.68 bits per heavy atom. The molecule has 1 amide bonds. The van der Waals surface area contributed by atoms with Crippen LogP contribution in [0.1, 0.15) is 42.7 Å². The van der Waals surface area contributed by atoms with Crippen LogP contribution in [0.3, 0.4) is 0 Å². The van der Waals surface area contributed by atoms with Crippen LogP contribution >= 0.6 is 0 Å². The van der Waals surface area contributed by atoms with Gasteiger partial charge in [-0.2, -0.15) is 0 Å². The fraction of sp³-hybridized carbons (Fsp3) is 0.550. The van der Waals surface area contributed by atoms with Gasteiger partial charge in [-0.05, 0) is 38.3 Å². The molecule has 8 nitrogen and oxygen atoms in total. The van der Waals surface area contributed by atoms with Crippen molar-refractivity contribution in [1.82, 2.24) is 15.5 Å². The number of rotatable bonds is 9. The van der Waals surface area contributed by atoms with Gasteiger partial charge >= 0.3 is 6.36 Å². The zero-order chi connectivity index (χ0) is 22.3. The van der Waals surface area contributed by atoms with Gasteiger partial charge in [0.15, 0.2) is 6.61 Å². The molecule has 2 heterocycles. The summed E-state index contributed by atoms with van der Waals surface area (Å²) in [5.74, 6) is 0.888. The molecule has 0 radical (unpaired) electrons. The van der Waals surface area contributed by atoms with Crippen LogP contribution in [-0.2, 0) is 20.7 Å². The van der Waals surface area contributed by atoms with Gasteiger partial charge in [-0.3, -0.25) is 9.53 Å². The van der Waals surface area contributed by atoms with E-state index in [0.29, 0.717) is 18.6 Å². The molecule has 1 N–H and O–H groups in total. The first-order valence-corrected chi connectivity index (χ1v) is 9.92. The molecule has 0 unspecified atom stereocenters. The summed E-state index contributed by atoms with van der Waals surface area (Å²) in [5.41, 5.74) is 1.11. The van der Waals surface area contributed by atoms with Gasteiger partial charge in [0.25, 0.3) is 5.91 Å². The molecular weight excluding hydrogens is 419 g/mol. The minimum absolute atomic E-state index is 0.0892. The molecule has 2 aromatic rings. The molecule has 1 fully saturated rings. The van der Waals surface area contributed by atoms with Crippen LogP contribution in [0.15, 0.2) is 28.7 Å². The minimum Gasteiger partial charge on any atom is -0.484 e. The number of nitrogens with one attached hydrogen (secondary N) is 1. The molecule has 3 rings (SSSR count). The quantitative estimate of drug-likeness (QED) is 0.595. The summed E-state index contributed by atoms with van der Waals surface area (Å²) >= 11 is 0. The summed E-state index contributed by atoms with van der Waals surface area (Å²) < 4.78 is 56.2. The first-order valence-electron chi connectivity index (χ1n) is 9.92. The van der Waals surface area contributed by atoms with E-state index in [0.717, 1.165) is 5.56 Å². The van der Waals surface area contributed by atoms with E-state index in [1.807, 2.05) is 19.1 Å². The lowest BCUT2D eigenvalue weighted by molar-refractivity contribution is -0.324. The van der Waals surface area contributed by atoms with Crippen molar-refractivity contribution in [2.75, 3.05) is 19.8 Å². The smallest absolute Gasteiger partial charge is 0.484 e. The number of ether oxygens (including phenoxy) is 3. The van der Waals surface area contributed by atoms with Crippen molar-refractivity contribution in [1.29, 1.82) is 0 Å². The molecule has 11 heteroatoms. The van der Waals surface area contributed by atoms with E-state index in [4.69, 9.17) is 13.9 Å². The van der Waals surface area contributed by atoms with Gasteiger partial charge < -0.3 is 19.2 Å². The number of carbonyl (C=O) groups is 1. The molecule has 1 aromatic carbocycles. The highest BCUT2D eigenvalue weighted by molar-refractivity contribution is 5.77. The summed E-state index contributed by atoms with van der Waals surface area (Å²) in [6.45, 7) is 1.68. The van der Waals surface area contributed by atoms with Crippen molar-refractivity contribution in [3.05, 3.63) is 41.6 Å². The van der Waals surface area contributed by atoms with Crippen molar-refractivity contribution in [3.63, 3.8) is 0 Å². The first-order chi connectivity index (χ1) is 14.8. The Morgan fingerprint density at radius 2 is 2.00 bits per heavy atom. The molecule has 1 aliphatic heterocycles. The van der Waals surface area contributed by atoms with E-state index >= 15 is 0 Å². The number of halogens is 3. The summed E-state index contributed by atoms with van der Waals surface area (Å²) in [6.07, 6.45) is -3.57. The third-order valence-corrected chi connectivity index (χ3v) is 4.59. The van der Waals surface area contributed by atoms with Crippen molar-refractivity contribution < 1.29 is 36.6 Å². The highest BCUT2D eigenvalue weighted by atomic mass is 19.4. The second-order valence-corrected chi connectivity index (χ2v) is 7.20. The van der Waals surface area contributed by atoms with Gasteiger partial charge in [-0.25, -0.2) is 0 Å². The van der Waals surface area contributed by atoms with E-state index in [1.165, 1.54) is 0 Å². The Balaban J connectivity index is 1.35. The summed E-state index contributed by atoms with van der Waals surface area (Å²) in [7, 11) is 0. The van der Waals surface area contributed by atoms with Crippen molar-refractivity contribution >= 4 is 5.91 Å². The van der Waals surface area contributed by atoms with Gasteiger partial charge in [0, 0.05) is 6.42 Å². The van der Waals surface area contributed by atoms with E-state index < -0.39 is 19.1 Å². The Morgan fingerprint density at radius 1 is 1.23 bits per heavy atom. The van der Waals surface area contributed by atoms with E-state index in [1.54, 1.807) is 12.1 Å². The van der Waals surface area contributed by atoms with E-state index in [-0.39, 0.29) is 49.8 Å². The van der Waals surface area contributed by atoms with Crippen LogP contribution in [0.5, 0.6) is 5.75 Å². The number of aryl methyl sites for hydroxylation is 2. The monoisotopic (exact) mass is 443 g/mol. The van der Waals surface area contributed by atoms with Crippen molar-refractivity contribution in [3.8, 4) is 5.75 Å². The van der Waals surface area contributed by atoms with Crippen LogP contribution in [0.25, 0.3) is 0 Å².